The van der Waals surface area contributed by atoms with Crippen LogP contribution in [0.15, 0.2) is 41.6 Å². The Labute approximate surface area is 278 Å². The normalized spacial score (nSPS) is 23.9. The average Bonchev–Trinajstić information content (AvgIpc) is 3.51. The molecule has 0 aromatic carbocycles. The number of carbonyl (C=O) groups excluding carboxylic acids is 3. The number of sulfonamides is 1. The van der Waals surface area contributed by atoms with Gasteiger partial charge in [-0.15, -0.1) is 0 Å². The standard InChI is InChI=1S/C33H50N6O7S/c1-3-4-5-6-7-9-15-25-22-33(25,30(42)43)36-29(41)26-16-14-21-39(26)28(40)23-35-31(44)37-32(18-11-8-12-19-32)24-38(2)47(45,46)27-17-10-13-20-34-27/h9-10,13,15,17,20,25-26H,3-8,11-12,14,16,18-19,21-24H2,1-2H3,(H,36,41)(H,42,43)(H2,35,37,44)/b15-9-/t25?,26-,33+/m0/s1. The number of allylic oxidation sites excluding steroid dienone is 1. The Morgan fingerprint density at radius 2 is 1.85 bits per heavy atom. The van der Waals surface area contributed by atoms with Gasteiger partial charge in [-0.1, -0.05) is 63.7 Å². The molecule has 47 heavy (non-hydrogen) atoms. The number of rotatable bonds is 16. The minimum absolute atomic E-state index is 0.0437. The van der Waals surface area contributed by atoms with Crippen LogP contribution in [-0.2, 0) is 24.4 Å². The number of urea groups is 1. The van der Waals surface area contributed by atoms with Crippen molar-refractivity contribution in [2.24, 2.45) is 5.92 Å². The first-order valence-electron chi connectivity index (χ1n) is 16.9. The predicted octanol–water partition coefficient (Wildman–Crippen LogP) is 3.18. The molecule has 3 atom stereocenters. The zero-order valence-corrected chi connectivity index (χ0v) is 28.4. The molecule has 0 spiro atoms. The van der Waals surface area contributed by atoms with Crippen molar-refractivity contribution in [2.75, 3.05) is 26.7 Å². The summed E-state index contributed by atoms with van der Waals surface area (Å²) in [4.78, 5) is 57.2. The zero-order valence-electron chi connectivity index (χ0n) is 27.6. The molecule has 0 radical (unpaired) electrons. The molecule has 1 unspecified atom stereocenters. The highest BCUT2D eigenvalue weighted by Crippen LogP contribution is 2.45. The van der Waals surface area contributed by atoms with Crippen molar-refractivity contribution < 1.29 is 32.7 Å². The van der Waals surface area contributed by atoms with Gasteiger partial charge < -0.3 is 26.0 Å². The smallest absolute Gasteiger partial charge is 0.330 e. The highest BCUT2D eigenvalue weighted by Gasteiger charge is 2.61. The Morgan fingerprint density at radius 3 is 2.53 bits per heavy atom. The molecule has 4 rings (SSSR count). The SMILES string of the molecule is CCCCCC/C=C\C1C[C@]1(NC(=O)[C@@H]1CCCN1C(=O)CNC(=O)NC1(CN(C)S(=O)(=O)c2ccccn2)CCCCC1)C(=O)O. The fourth-order valence-corrected chi connectivity index (χ4v) is 8.00. The lowest BCUT2D eigenvalue weighted by atomic mass is 9.81. The first-order valence-corrected chi connectivity index (χ1v) is 18.3. The second kappa shape index (κ2) is 16.1. The maximum atomic E-state index is 13.3. The number of carboxylic acid groups (broad SMARTS) is 1. The summed E-state index contributed by atoms with van der Waals surface area (Å²) in [6, 6.07) is 3.24. The van der Waals surface area contributed by atoms with E-state index in [1.54, 1.807) is 12.1 Å². The number of carbonyl (C=O) groups is 4. The van der Waals surface area contributed by atoms with Gasteiger partial charge in [-0.2, -0.15) is 4.31 Å². The van der Waals surface area contributed by atoms with Gasteiger partial charge in [0, 0.05) is 32.3 Å². The molecule has 2 saturated carbocycles. The fraction of sp³-hybridized carbons (Fsp3) is 0.667. The molecule has 1 aromatic rings. The van der Waals surface area contributed by atoms with Crippen molar-refractivity contribution in [1.29, 1.82) is 0 Å². The summed E-state index contributed by atoms with van der Waals surface area (Å²) < 4.78 is 27.5. The van der Waals surface area contributed by atoms with Crippen LogP contribution in [0.3, 0.4) is 0 Å². The van der Waals surface area contributed by atoms with Gasteiger partial charge in [-0.3, -0.25) is 9.59 Å². The van der Waals surface area contributed by atoms with E-state index < -0.39 is 51.0 Å². The number of carboxylic acids is 1. The van der Waals surface area contributed by atoms with E-state index in [0.717, 1.165) is 44.9 Å². The van der Waals surface area contributed by atoms with E-state index in [4.69, 9.17) is 0 Å². The second-order valence-electron chi connectivity index (χ2n) is 13.2. The number of hydrogen-bond donors (Lipinski definition) is 4. The van der Waals surface area contributed by atoms with Crippen LogP contribution >= 0.6 is 0 Å². The third-order valence-electron chi connectivity index (χ3n) is 9.64. The molecule has 2 heterocycles. The van der Waals surface area contributed by atoms with Gasteiger partial charge in [-0.25, -0.2) is 23.0 Å². The molecule has 3 aliphatic rings. The van der Waals surface area contributed by atoms with E-state index in [0.29, 0.717) is 38.6 Å². The summed E-state index contributed by atoms with van der Waals surface area (Å²) in [5.74, 6) is -2.33. The number of likely N-dealkylation sites (tertiary alicyclic amines) is 1. The Kier molecular flexibility index (Phi) is 12.4. The van der Waals surface area contributed by atoms with E-state index in [1.165, 1.54) is 34.9 Å². The van der Waals surface area contributed by atoms with Gasteiger partial charge in [0.2, 0.25) is 11.8 Å². The number of nitrogens with one attached hydrogen (secondary N) is 3. The van der Waals surface area contributed by atoms with Crippen LogP contribution < -0.4 is 16.0 Å². The zero-order chi connectivity index (χ0) is 34.1. The monoisotopic (exact) mass is 674 g/mol. The summed E-state index contributed by atoms with van der Waals surface area (Å²) >= 11 is 0. The summed E-state index contributed by atoms with van der Waals surface area (Å²) in [6.07, 6.45) is 15.7. The lowest BCUT2D eigenvalue weighted by molar-refractivity contribution is -0.145. The predicted molar refractivity (Wildman–Crippen MR) is 176 cm³/mol. The molecular weight excluding hydrogens is 624 g/mol. The summed E-state index contributed by atoms with van der Waals surface area (Å²) in [7, 11) is -2.42. The third-order valence-corrected chi connectivity index (χ3v) is 11.4. The van der Waals surface area contributed by atoms with Gasteiger partial charge in [0.1, 0.15) is 11.6 Å². The Morgan fingerprint density at radius 1 is 1.09 bits per heavy atom. The van der Waals surface area contributed by atoms with Crippen LogP contribution in [0.2, 0.25) is 0 Å². The van der Waals surface area contributed by atoms with Crippen LogP contribution in [0.1, 0.15) is 90.4 Å². The number of pyridine rings is 1. The molecule has 1 aliphatic heterocycles. The van der Waals surface area contributed by atoms with E-state index in [-0.39, 0.29) is 24.0 Å². The number of likely N-dealkylation sites (N-methyl/N-ethyl adjacent to an activating group) is 1. The van der Waals surface area contributed by atoms with Crippen molar-refractivity contribution in [3.8, 4) is 0 Å². The number of amides is 4. The summed E-state index contributed by atoms with van der Waals surface area (Å²) in [6.45, 7) is 2.15. The minimum Gasteiger partial charge on any atom is -0.479 e. The Hall–Kier alpha value is -3.52. The van der Waals surface area contributed by atoms with Crippen LogP contribution in [0.5, 0.6) is 0 Å². The highest BCUT2D eigenvalue weighted by atomic mass is 32.2. The molecule has 1 aromatic heterocycles. The largest absolute Gasteiger partial charge is 0.479 e. The van der Waals surface area contributed by atoms with Crippen molar-refractivity contribution in [1.82, 2.24) is 30.1 Å². The van der Waals surface area contributed by atoms with Gasteiger partial charge in [0.05, 0.1) is 12.1 Å². The molecule has 0 bridgehead atoms. The lowest BCUT2D eigenvalue weighted by Gasteiger charge is -2.40. The molecule has 14 heteroatoms. The van der Waals surface area contributed by atoms with E-state index in [1.807, 2.05) is 12.2 Å². The van der Waals surface area contributed by atoms with Crippen molar-refractivity contribution in [3.63, 3.8) is 0 Å². The number of aromatic nitrogens is 1. The topological polar surface area (TPSA) is 178 Å². The quantitative estimate of drug-likeness (QED) is 0.153. The maximum absolute atomic E-state index is 13.3. The van der Waals surface area contributed by atoms with Crippen LogP contribution in [0.25, 0.3) is 0 Å². The molecule has 1 saturated heterocycles. The Bertz CT molecular complexity index is 1400. The fourth-order valence-electron chi connectivity index (χ4n) is 6.82. The van der Waals surface area contributed by atoms with Crippen molar-refractivity contribution >= 4 is 33.8 Å². The number of nitrogens with zero attached hydrogens (tertiary/aromatic N) is 3. The molecule has 260 valence electrons. The molecule has 4 amide bonds. The molecule has 2 aliphatic carbocycles. The number of hydrogen-bond acceptors (Lipinski definition) is 7. The maximum Gasteiger partial charge on any atom is 0.330 e. The van der Waals surface area contributed by atoms with Crippen LogP contribution in [-0.4, -0.2) is 95.3 Å². The minimum atomic E-state index is -3.88. The van der Waals surface area contributed by atoms with Crippen molar-refractivity contribution in [2.45, 2.75) is 113 Å². The number of unbranched alkanes of at least 4 members (excludes halogenated alkanes) is 4. The first kappa shape index (κ1) is 36.3. The van der Waals surface area contributed by atoms with E-state index in [2.05, 4.69) is 27.9 Å². The summed E-state index contributed by atoms with van der Waals surface area (Å²) in [5, 5.41) is 18.2. The van der Waals surface area contributed by atoms with E-state index in [9.17, 15) is 32.7 Å². The van der Waals surface area contributed by atoms with Crippen molar-refractivity contribution in [3.05, 3.63) is 36.5 Å². The van der Waals surface area contributed by atoms with Gasteiger partial charge in [0.25, 0.3) is 10.0 Å². The van der Waals surface area contributed by atoms with Crippen LogP contribution in [0, 0.1) is 5.92 Å². The Balaban J connectivity index is 1.31. The highest BCUT2D eigenvalue weighted by molar-refractivity contribution is 7.89. The molecular formula is C33H50N6O7S. The average molecular weight is 675 g/mol. The first-order chi connectivity index (χ1) is 22.4. The van der Waals surface area contributed by atoms with Crippen LogP contribution in [0.4, 0.5) is 4.79 Å². The van der Waals surface area contributed by atoms with Gasteiger partial charge in [-0.05, 0) is 57.1 Å². The third kappa shape index (κ3) is 9.10. The molecule has 13 nitrogen and oxygen atoms in total. The second-order valence-corrected chi connectivity index (χ2v) is 15.2. The molecule has 3 fully saturated rings. The lowest BCUT2D eigenvalue weighted by Crippen LogP contribution is -2.60. The number of aliphatic carboxylic acids is 1. The van der Waals surface area contributed by atoms with Gasteiger partial charge in [0.15, 0.2) is 5.03 Å². The molecule has 4 N–H and O–H groups in total. The summed E-state index contributed by atoms with van der Waals surface area (Å²) in [5.41, 5.74) is -2.19. The van der Waals surface area contributed by atoms with E-state index >= 15 is 0 Å². The van der Waals surface area contributed by atoms with Gasteiger partial charge >= 0.3 is 12.0 Å².